The number of esters is 1. The van der Waals surface area contributed by atoms with Crippen LogP contribution in [0.1, 0.15) is 35.0 Å². The summed E-state index contributed by atoms with van der Waals surface area (Å²) < 4.78 is 23.1. The second-order valence-corrected chi connectivity index (χ2v) is 10.3. The number of nitrogens with one attached hydrogen (secondary N) is 1. The van der Waals surface area contributed by atoms with Crippen LogP contribution < -0.4 is 14.8 Å². The van der Waals surface area contributed by atoms with Crippen molar-refractivity contribution in [3.63, 3.8) is 0 Å². The van der Waals surface area contributed by atoms with Crippen molar-refractivity contribution in [2.45, 2.75) is 23.9 Å². The fraction of sp³-hybridized carbons (Fsp3) is 0.259. The van der Waals surface area contributed by atoms with Gasteiger partial charge in [0.25, 0.3) is 0 Å². The van der Waals surface area contributed by atoms with Gasteiger partial charge in [-0.3, -0.25) is 9.59 Å². The number of hydrogen-bond acceptors (Lipinski definition) is 7. The summed E-state index contributed by atoms with van der Waals surface area (Å²) in [4.78, 5) is 27.3. The first-order valence-electron chi connectivity index (χ1n) is 11.7. The van der Waals surface area contributed by atoms with Gasteiger partial charge in [-0.1, -0.05) is 53.5 Å². The molecule has 1 aliphatic carbocycles. The smallest absolute Gasteiger partial charge is 0.313 e. The van der Waals surface area contributed by atoms with Crippen LogP contribution >= 0.6 is 23.2 Å². The largest absolute Gasteiger partial charge is 0.454 e. The quantitative estimate of drug-likeness (QED) is 0.463. The monoisotopic (exact) mass is 539 g/mol. The Hall–Kier alpha value is -3.30. The number of carbonyl (C=O) groups is 2. The zero-order valence-electron chi connectivity index (χ0n) is 19.0. The van der Waals surface area contributed by atoms with E-state index >= 15 is 0 Å². The maximum absolute atomic E-state index is 13.9. The van der Waals surface area contributed by atoms with E-state index in [0.29, 0.717) is 38.9 Å². The van der Waals surface area contributed by atoms with Crippen LogP contribution in [0.5, 0.6) is 11.5 Å². The van der Waals surface area contributed by atoms with E-state index in [1.165, 1.54) is 0 Å². The number of amides is 1. The third-order valence-corrected chi connectivity index (χ3v) is 8.35. The van der Waals surface area contributed by atoms with E-state index in [-0.39, 0.29) is 11.8 Å². The summed E-state index contributed by atoms with van der Waals surface area (Å²) in [6.45, 7) is 0.0961. The van der Waals surface area contributed by atoms with Gasteiger partial charge < -0.3 is 29.4 Å². The lowest BCUT2D eigenvalue weighted by Gasteiger charge is -2.30. The minimum Gasteiger partial charge on any atom is -0.454 e. The third kappa shape index (κ3) is 3.16. The molecule has 3 aromatic rings. The van der Waals surface area contributed by atoms with Crippen LogP contribution in [0.25, 0.3) is 0 Å². The minimum absolute atomic E-state index is 0.0961. The van der Waals surface area contributed by atoms with E-state index in [9.17, 15) is 14.7 Å². The maximum Gasteiger partial charge on any atom is 0.313 e. The lowest BCUT2D eigenvalue weighted by atomic mass is 9.76. The van der Waals surface area contributed by atoms with E-state index in [4.69, 9.17) is 42.1 Å². The molecule has 3 aromatic carbocycles. The van der Waals surface area contributed by atoms with Gasteiger partial charge in [0.05, 0.1) is 22.1 Å². The summed E-state index contributed by atoms with van der Waals surface area (Å²) in [5, 5.41) is 15.0. The van der Waals surface area contributed by atoms with E-state index in [0.717, 1.165) is 0 Å². The predicted octanol–water partition coefficient (Wildman–Crippen LogP) is 4.75. The van der Waals surface area contributed by atoms with Crippen molar-refractivity contribution in [1.82, 2.24) is 0 Å². The molecule has 3 aliphatic heterocycles. The topological polar surface area (TPSA) is 103 Å². The van der Waals surface area contributed by atoms with Gasteiger partial charge in [-0.25, -0.2) is 0 Å². The van der Waals surface area contributed by atoms with Crippen molar-refractivity contribution in [2.24, 2.45) is 11.8 Å². The highest BCUT2D eigenvalue weighted by molar-refractivity contribution is 6.42. The number of benzene rings is 3. The third-order valence-electron chi connectivity index (χ3n) is 7.62. The normalized spacial score (nSPS) is 30.5. The molecule has 4 aliphatic rings. The van der Waals surface area contributed by atoms with E-state index in [1.54, 1.807) is 60.7 Å². The van der Waals surface area contributed by atoms with Crippen LogP contribution in [-0.2, 0) is 19.1 Å². The number of ether oxygens (including phenoxy) is 4. The molecule has 3 heterocycles. The lowest BCUT2D eigenvalue weighted by Crippen LogP contribution is -2.43. The summed E-state index contributed by atoms with van der Waals surface area (Å²) in [6, 6.07) is 17.1. The first kappa shape index (κ1) is 22.9. The molecule has 2 fully saturated rings. The van der Waals surface area contributed by atoms with E-state index < -0.39 is 47.6 Å². The van der Waals surface area contributed by atoms with Gasteiger partial charge in [0.2, 0.25) is 12.7 Å². The zero-order chi connectivity index (χ0) is 25.5. The number of aliphatic hydroxyl groups excluding tert-OH is 1. The predicted molar refractivity (Wildman–Crippen MR) is 131 cm³/mol. The zero-order valence-corrected chi connectivity index (χ0v) is 20.5. The average Bonchev–Trinajstić information content (AvgIpc) is 3.62. The molecule has 0 radical (unpaired) electrons. The molecule has 3 unspecified atom stereocenters. The number of fused-ring (bicyclic) bond motifs is 3. The molecular formula is C27H19Cl2NO7. The van der Waals surface area contributed by atoms with Gasteiger partial charge in [0.1, 0.15) is 12.0 Å². The Morgan fingerprint density at radius 2 is 1.76 bits per heavy atom. The van der Waals surface area contributed by atoms with Crippen molar-refractivity contribution in [3.05, 3.63) is 87.4 Å². The summed E-state index contributed by atoms with van der Waals surface area (Å²) in [5.74, 6) is -2.12. The fourth-order valence-electron chi connectivity index (χ4n) is 6.04. The van der Waals surface area contributed by atoms with Crippen molar-refractivity contribution in [2.75, 3.05) is 12.1 Å². The Bertz CT molecular complexity index is 1480. The summed E-state index contributed by atoms with van der Waals surface area (Å²) in [5.41, 5.74) is 0.805. The summed E-state index contributed by atoms with van der Waals surface area (Å²) >= 11 is 12.5. The average molecular weight is 540 g/mol. The lowest BCUT2D eigenvalue weighted by molar-refractivity contribution is -0.161. The van der Waals surface area contributed by atoms with Gasteiger partial charge in [0.15, 0.2) is 23.2 Å². The highest BCUT2D eigenvalue weighted by atomic mass is 35.5. The fourth-order valence-corrected chi connectivity index (χ4v) is 6.35. The van der Waals surface area contributed by atoms with Gasteiger partial charge in [-0.15, -0.1) is 0 Å². The van der Waals surface area contributed by atoms with Crippen LogP contribution in [0.2, 0.25) is 10.0 Å². The standard InChI is InChI=1S/C27H19Cl2NO7/c28-16-7-5-12(9-17(16)29)22-20(25(32)30-13-6-8-18-19(10-13)35-11-34-18)21-26(33)36-24-15-4-2-1-3-14(15)23(31)27(21,24)37-22/h1-10,20-24,31H,11H2,(H,30,32)/t20-,21-,22?,23?,24+,27?/m1/s1. The number of hydrogen-bond donors (Lipinski definition) is 2. The number of carbonyl (C=O) groups excluding carboxylic acids is 2. The summed E-state index contributed by atoms with van der Waals surface area (Å²) in [6.07, 6.45) is -2.95. The van der Waals surface area contributed by atoms with Crippen LogP contribution in [-0.4, -0.2) is 29.4 Å². The van der Waals surface area contributed by atoms with Gasteiger partial charge in [-0.05, 0) is 35.4 Å². The molecule has 0 saturated carbocycles. The SMILES string of the molecule is O=C(Nc1ccc2c(c1)OCO2)[C@H]1C(c2ccc(Cl)c(Cl)c2)OC23C(O)c4ccccc4[C@@H]2OC(=O)[C@@H]13. The first-order chi connectivity index (χ1) is 17.9. The van der Waals surface area contributed by atoms with Gasteiger partial charge >= 0.3 is 5.97 Å². The Labute approximate surface area is 221 Å². The van der Waals surface area contributed by atoms with Crippen LogP contribution in [0.3, 0.4) is 0 Å². The molecule has 1 spiro atoms. The highest BCUT2D eigenvalue weighted by Crippen LogP contribution is 2.67. The van der Waals surface area contributed by atoms with Gasteiger partial charge in [-0.2, -0.15) is 0 Å². The number of rotatable bonds is 3. The molecule has 6 atom stereocenters. The molecular weight excluding hydrogens is 521 g/mol. The Balaban J connectivity index is 1.32. The van der Waals surface area contributed by atoms with Crippen molar-refractivity contribution in [3.8, 4) is 11.5 Å². The van der Waals surface area contributed by atoms with Crippen LogP contribution in [0.4, 0.5) is 5.69 Å². The minimum atomic E-state index is -1.48. The molecule has 0 aromatic heterocycles. The maximum atomic E-state index is 13.9. The second-order valence-electron chi connectivity index (χ2n) is 9.47. The molecule has 0 bridgehead atoms. The Kier molecular flexibility index (Phi) is 5.00. The number of anilines is 1. The molecule has 10 heteroatoms. The molecule has 2 N–H and O–H groups in total. The molecule has 37 heavy (non-hydrogen) atoms. The molecule has 2 saturated heterocycles. The number of aliphatic hydroxyl groups is 1. The molecule has 1 amide bonds. The second kappa shape index (κ2) is 8.10. The summed E-state index contributed by atoms with van der Waals surface area (Å²) in [7, 11) is 0. The van der Waals surface area contributed by atoms with Crippen LogP contribution in [0.15, 0.2) is 60.7 Å². The van der Waals surface area contributed by atoms with Crippen LogP contribution in [0, 0.1) is 11.8 Å². The molecule has 188 valence electrons. The molecule has 7 rings (SSSR count). The van der Waals surface area contributed by atoms with E-state index in [1.807, 2.05) is 0 Å². The van der Waals surface area contributed by atoms with Crippen molar-refractivity contribution < 1.29 is 33.6 Å². The Morgan fingerprint density at radius 3 is 2.57 bits per heavy atom. The number of halogens is 2. The Morgan fingerprint density at radius 1 is 0.973 bits per heavy atom. The first-order valence-corrected chi connectivity index (χ1v) is 12.4. The van der Waals surface area contributed by atoms with Crippen molar-refractivity contribution >= 4 is 40.8 Å². The molecule has 8 nitrogen and oxygen atoms in total. The van der Waals surface area contributed by atoms with Crippen molar-refractivity contribution in [1.29, 1.82) is 0 Å². The van der Waals surface area contributed by atoms with E-state index in [2.05, 4.69) is 5.32 Å². The highest BCUT2D eigenvalue weighted by Gasteiger charge is 2.75. The van der Waals surface area contributed by atoms with Gasteiger partial charge in [0, 0.05) is 17.3 Å².